The van der Waals surface area contributed by atoms with Gasteiger partial charge in [-0.05, 0) is 63.6 Å². The highest BCUT2D eigenvalue weighted by Crippen LogP contribution is 2.39. The minimum Gasteiger partial charge on any atom is -0.476 e. The van der Waals surface area contributed by atoms with Crippen LogP contribution in [0.5, 0.6) is 5.75 Å². The van der Waals surface area contributed by atoms with Gasteiger partial charge >= 0.3 is 12.1 Å². The van der Waals surface area contributed by atoms with E-state index >= 15 is 0 Å². The number of hydrogen-bond donors (Lipinski definition) is 0. The lowest BCUT2D eigenvalue weighted by Crippen LogP contribution is -2.39. The summed E-state index contributed by atoms with van der Waals surface area (Å²) < 4.78 is 52.5. The molecule has 0 aliphatic rings. The molecule has 0 N–H and O–H groups in total. The topological polar surface area (TPSA) is 40.5 Å². The first-order valence-corrected chi connectivity index (χ1v) is 9.58. The van der Waals surface area contributed by atoms with Crippen molar-refractivity contribution in [3.8, 4) is 16.9 Å². The monoisotopic (exact) mass is 419 g/mol. The number of ether oxygens (including phenoxy) is 2. The fourth-order valence-corrected chi connectivity index (χ4v) is 3.47. The Labute approximate surface area is 173 Å². The number of carbonyl (C=O) groups excluding carboxylic acids is 1. The van der Waals surface area contributed by atoms with E-state index in [0.29, 0.717) is 16.9 Å². The minimum atomic E-state index is -4.42. The molecule has 2 aromatic carbocycles. The number of rotatable bonds is 5. The van der Waals surface area contributed by atoms with Crippen LogP contribution in [0.25, 0.3) is 22.0 Å². The second-order valence-electron chi connectivity index (χ2n) is 7.61. The maximum Gasteiger partial charge on any atom is 0.416 e. The van der Waals surface area contributed by atoms with E-state index in [-0.39, 0.29) is 6.61 Å². The molecule has 160 valence electrons. The van der Waals surface area contributed by atoms with E-state index in [1.54, 1.807) is 39.0 Å². The molecule has 3 rings (SSSR count). The number of nitrogens with zero attached hydrogens (tertiary/aromatic N) is 1. The van der Waals surface area contributed by atoms with Gasteiger partial charge in [-0.25, -0.2) is 4.79 Å². The van der Waals surface area contributed by atoms with Crippen LogP contribution in [0.2, 0.25) is 0 Å². The quantitative estimate of drug-likeness (QED) is 0.484. The van der Waals surface area contributed by atoms with Crippen molar-refractivity contribution in [1.29, 1.82) is 0 Å². The number of aromatic nitrogens is 1. The average molecular weight is 419 g/mol. The number of esters is 1. The minimum absolute atomic E-state index is 0.238. The Bertz CT molecular complexity index is 1100. The molecule has 0 atom stereocenters. The summed E-state index contributed by atoms with van der Waals surface area (Å²) in [7, 11) is 1.86. The third-order valence-electron chi connectivity index (χ3n) is 5.08. The van der Waals surface area contributed by atoms with E-state index in [2.05, 4.69) is 0 Å². The van der Waals surface area contributed by atoms with Crippen molar-refractivity contribution < 1.29 is 27.4 Å². The van der Waals surface area contributed by atoms with E-state index < -0.39 is 23.3 Å². The predicted octanol–water partition coefficient (Wildman–Crippen LogP) is 5.89. The number of alkyl halides is 3. The molecular formula is C23H24F3NO3. The maximum atomic E-state index is 13.2. The summed E-state index contributed by atoms with van der Waals surface area (Å²) in [6.45, 7) is 7.04. The first kappa shape index (κ1) is 21.7. The highest BCUT2D eigenvalue weighted by Gasteiger charge is 2.32. The van der Waals surface area contributed by atoms with Gasteiger partial charge in [0.1, 0.15) is 5.75 Å². The highest BCUT2D eigenvalue weighted by atomic mass is 19.4. The largest absolute Gasteiger partial charge is 0.476 e. The van der Waals surface area contributed by atoms with Crippen LogP contribution in [-0.4, -0.2) is 22.7 Å². The Morgan fingerprint density at radius 2 is 1.80 bits per heavy atom. The molecule has 0 aliphatic carbocycles. The van der Waals surface area contributed by atoms with Crippen LogP contribution in [0.1, 0.15) is 32.0 Å². The van der Waals surface area contributed by atoms with Gasteiger partial charge in [-0.2, -0.15) is 13.2 Å². The Morgan fingerprint density at radius 1 is 1.10 bits per heavy atom. The Morgan fingerprint density at radius 3 is 2.43 bits per heavy atom. The SMILES string of the molecule is CCOC(=O)C(C)(C)Oc1ccc2c(c1)c(-c1cccc(C(F)(F)F)c1)c(C)n2C. The molecule has 30 heavy (non-hydrogen) atoms. The van der Waals surface area contributed by atoms with Crippen molar-refractivity contribution in [1.82, 2.24) is 4.57 Å². The van der Waals surface area contributed by atoms with Gasteiger partial charge in [-0.1, -0.05) is 12.1 Å². The van der Waals surface area contributed by atoms with Crippen molar-refractivity contribution >= 4 is 16.9 Å². The van der Waals surface area contributed by atoms with Crippen LogP contribution >= 0.6 is 0 Å². The third kappa shape index (κ3) is 4.01. The van der Waals surface area contributed by atoms with Crippen LogP contribution in [0.3, 0.4) is 0 Å². The molecule has 3 aromatic rings. The van der Waals surface area contributed by atoms with Crippen molar-refractivity contribution in [2.75, 3.05) is 6.61 Å². The van der Waals surface area contributed by atoms with Crippen LogP contribution in [0.15, 0.2) is 42.5 Å². The van der Waals surface area contributed by atoms with E-state index in [0.717, 1.165) is 28.7 Å². The molecule has 0 saturated heterocycles. The Balaban J connectivity index is 2.12. The molecule has 1 aromatic heterocycles. The molecule has 0 saturated carbocycles. The predicted molar refractivity (Wildman–Crippen MR) is 109 cm³/mol. The molecule has 0 amide bonds. The van der Waals surface area contributed by atoms with Crippen molar-refractivity contribution in [3.63, 3.8) is 0 Å². The van der Waals surface area contributed by atoms with E-state index in [1.807, 2.05) is 24.6 Å². The van der Waals surface area contributed by atoms with E-state index in [1.165, 1.54) is 6.07 Å². The van der Waals surface area contributed by atoms with Crippen LogP contribution in [0, 0.1) is 6.92 Å². The molecule has 0 aliphatic heterocycles. The molecule has 4 nitrogen and oxygen atoms in total. The first-order chi connectivity index (χ1) is 14.0. The molecule has 1 heterocycles. The second kappa shape index (κ2) is 7.70. The van der Waals surface area contributed by atoms with Crippen molar-refractivity contribution in [3.05, 3.63) is 53.7 Å². The number of aryl methyl sites for hydroxylation is 1. The molecule has 7 heteroatoms. The number of halogens is 3. The van der Waals surface area contributed by atoms with Gasteiger partial charge in [0.15, 0.2) is 5.60 Å². The number of hydrogen-bond acceptors (Lipinski definition) is 3. The van der Waals surface area contributed by atoms with Crippen LogP contribution in [0.4, 0.5) is 13.2 Å². The summed E-state index contributed by atoms with van der Waals surface area (Å²) in [4.78, 5) is 12.2. The molecule has 0 unspecified atom stereocenters. The highest BCUT2D eigenvalue weighted by molar-refractivity contribution is 5.99. The Hall–Kier alpha value is -2.96. The lowest BCUT2D eigenvalue weighted by molar-refractivity contribution is -0.158. The average Bonchev–Trinajstić information content (AvgIpc) is 2.91. The number of benzene rings is 2. The van der Waals surface area contributed by atoms with Gasteiger partial charge in [0, 0.05) is 29.2 Å². The fraction of sp³-hybridized carbons (Fsp3) is 0.348. The summed E-state index contributed by atoms with van der Waals surface area (Å²) in [6, 6.07) is 10.6. The third-order valence-corrected chi connectivity index (χ3v) is 5.08. The summed E-state index contributed by atoms with van der Waals surface area (Å²) >= 11 is 0. The zero-order valence-electron chi connectivity index (χ0n) is 17.6. The first-order valence-electron chi connectivity index (χ1n) is 9.58. The lowest BCUT2D eigenvalue weighted by atomic mass is 10.00. The molecular weight excluding hydrogens is 395 g/mol. The summed E-state index contributed by atoms with van der Waals surface area (Å²) in [5.74, 6) is -0.0631. The van der Waals surface area contributed by atoms with Crippen molar-refractivity contribution in [2.24, 2.45) is 7.05 Å². The normalized spacial score (nSPS) is 12.3. The van der Waals surface area contributed by atoms with Crippen molar-refractivity contribution in [2.45, 2.75) is 39.5 Å². The Kier molecular flexibility index (Phi) is 5.58. The maximum absolute atomic E-state index is 13.2. The molecule has 0 fully saturated rings. The second-order valence-corrected chi connectivity index (χ2v) is 7.61. The van der Waals surface area contributed by atoms with Gasteiger partial charge < -0.3 is 14.0 Å². The van der Waals surface area contributed by atoms with Crippen LogP contribution < -0.4 is 4.74 Å². The fourth-order valence-electron chi connectivity index (χ4n) is 3.47. The van der Waals surface area contributed by atoms with Gasteiger partial charge in [-0.15, -0.1) is 0 Å². The zero-order valence-corrected chi connectivity index (χ0v) is 17.6. The lowest BCUT2D eigenvalue weighted by Gasteiger charge is -2.24. The number of fused-ring (bicyclic) bond motifs is 1. The standard InChI is InChI=1S/C23H24F3NO3/c1-6-29-21(28)22(3,4)30-17-10-11-19-18(13-17)20(14(2)27(19)5)15-8-7-9-16(12-15)23(24,25)26/h7-13H,6H2,1-5H3. The summed E-state index contributed by atoms with van der Waals surface area (Å²) in [5.41, 5.74) is 0.927. The van der Waals surface area contributed by atoms with E-state index in [4.69, 9.17) is 9.47 Å². The number of carbonyl (C=O) groups is 1. The molecule has 0 spiro atoms. The van der Waals surface area contributed by atoms with Gasteiger partial charge in [0.2, 0.25) is 0 Å². The molecule has 0 radical (unpaired) electrons. The summed E-state index contributed by atoms with van der Waals surface area (Å²) in [6.07, 6.45) is -4.42. The summed E-state index contributed by atoms with van der Waals surface area (Å²) in [5, 5.41) is 0.742. The van der Waals surface area contributed by atoms with E-state index in [9.17, 15) is 18.0 Å². The van der Waals surface area contributed by atoms with Crippen LogP contribution in [-0.2, 0) is 22.8 Å². The van der Waals surface area contributed by atoms with Gasteiger partial charge in [0.25, 0.3) is 0 Å². The van der Waals surface area contributed by atoms with Gasteiger partial charge in [0.05, 0.1) is 12.2 Å². The van der Waals surface area contributed by atoms with Gasteiger partial charge in [-0.3, -0.25) is 0 Å². The zero-order chi connectivity index (χ0) is 22.3. The molecule has 0 bridgehead atoms. The smallest absolute Gasteiger partial charge is 0.416 e.